The van der Waals surface area contributed by atoms with Crippen LogP contribution in [0.15, 0.2) is 48.5 Å². The van der Waals surface area contributed by atoms with Gasteiger partial charge >= 0.3 is 0 Å². The van der Waals surface area contributed by atoms with Crippen LogP contribution in [0.1, 0.15) is 15.9 Å². The van der Waals surface area contributed by atoms with E-state index in [2.05, 4.69) is 0 Å². The first-order valence-corrected chi connectivity index (χ1v) is 8.32. The van der Waals surface area contributed by atoms with E-state index in [1.165, 1.54) is 11.0 Å². The Kier molecular flexibility index (Phi) is 7.00. The Balaban J connectivity index is 2.01. The van der Waals surface area contributed by atoms with E-state index in [1.54, 1.807) is 70.8 Å². The molecule has 0 bridgehead atoms. The molecular formula is C21H23NO5. The van der Waals surface area contributed by atoms with Crippen molar-refractivity contribution >= 4 is 17.8 Å². The number of likely N-dealkylation sites (N-methyl/N-ethyl adjacent to an activating group) is 1. The summed E-state index contributed by atoms with van der Waals surface area (Å²) < 4.78 is 15.8. The number of ketones is 1. The van der Waals surface area contributed by atoms with Gasteiger partial charge in [0.1, 0.15) is 5.75 Å². The smallest absolute Gasteiger partial charge is 0.259 e. The molecule has 0 saturated carbocycles. The minimum atomic E-state index is -0.138. The average Bonchev–Trinajstić information content (AvgIpc) is 2.70. The number of hydrogen-bond donors (Lipinski definition) is 0. The third kappa shape index (κ3) is 5.60. The Morgan fingerprint density at radius 3 is 2.22 bits per heavy atom. The van der Waals surface area contributed by atoms with Gasteiger partial charge in [0.05, 0.1) is 14.2 Å². The van der Waals surface area contributed by atoms with Gasteiger partial charge in [-0.3, -0.25) is 9.59 Å². The van der Waals surface area contributed by atoms with Crippen LogP contribution in [0.2, 0.25) is 0 Å². The van der Waals surface area contributed by atoms with Crippen molar-refractivity contribution in [3.63, 3.8) is 0 Å². The molecule has 0 aromatic heterocycles. The molecule has 27 heavy (non-hydrogen) atoms. The minimum Gasteiger partial charge on any atom is -0.493 e. The molecule has 0 unspecified atom stereocenters. The lowest BCUT2D eigenvalue weighted by Crippen LogP contribution is -2.27. The SMILES string of the molecule is COc1ccc(/C=C/C(=O)c2ccc(OCC(=O)N(C)C)cc2)cc1OC. The van der Waals surface area contributed by atoms with Crippen LogP contribution in [0.4, 0.5) is 0 Å². The highest BCUT2D eigenvalue weighted by atomic mass is 16.5. The fourth-order valence-electron chi connectivity index (χ4n) is 2.21. The molecule has 2 aromatic rings. The van der Waals surface area contributed by atoms with Gasteiger partial charge in [-0.1, -0.05) is 12.1 Å². The first kappa shape index (κ1) is 20.0. The zero-order chi connectivity index (χ0) is 19.8. The van der Waals surface area contributed by atoms with Gasteiger partial charge < -0.3 is 19.1 Å². The summed E-state index contributed by atoms with van der Waals surface area (Å²) in [5.74, 6) is 1.49. The Labute approximate surface area is 159 Å². The van der Waals surface area contributed by atoms with E-state index in [0.717, 1.165) is 5.56 Å². The number of rotatable bonds is 8. The first-order valence-electron chi connectivity index (χ1n) is 8.32. The topological polar surface area (TPSA) is 65.1 Å². The van der Waals surface area contributed by atoms with Crippen molar-refractivity contribution in [2.45, 2.75) is 0 Å². The van der Waals surface area contributed by atoms with Crippen LogP contribution < -0.4 is 14.2 Å². The number of nitrogens with zero attached hydrogens (tertiary/aromatic N) is 1. The summed E-state index contributed by atoms with van der Waals surface area (Å²) in [5, 5.41) is 0. The quantitative estimate of drug-likeness (QED) is 0.529. The maximum atomic E-state index is 12.3. The van der Waals surface area contributed by atoms with E-state index in [4.69, 9.17) is 14.2 Å². The van der Waals surface area contributed by atoms with Gasteiger partial charge in [0.15, 0.2) is 23.9 Å². The van der Waals surface area contributed by atoms with Crippen LogP contribution in [-0.2, 0) is 4.79 Å². The fourth-order valence-corrected chi connectivity index (χ4v) is 2.21. The minimum absolute atomic E-state index is 0.0422. The van der Waals surface area contributed by atoms with Crippen molar-refractivity contribution in [2.24, 2.45) is 0 Å². The molecule has 2 aromatic carbocycles. The maximum Gasteiger partial charge on any atom is 0.259 e. The fraction of sp³-hybridized carbons (Fsp3) is 0.238. The van der Waals surface area contributed by atoms with Crippen molar-refractivity contribution in [1.29, 1.82) is 0 Å². The summed E-state index contributed by atoms with van der Waals surface area (Å²) >= 11 is 0. The van der Waals surface area contributed by atoms with Crippen LogP contribution >= 0.6 is 0 Å². The highest BCUT2D eigenvalue weighted by Crippen LogP contribution is 2.28. The number of hydrogen-bond acceptors (Lipinski definition) is 5. The van der Waals surface area contributed by atoms with Crippen LogP contribution in [0.5, 0.6) is 17.2 Å². The van der Waals surface area contributed by atoms with Gasteiger partial charge in [0.2, 0.25) is 0 Å². The molecule has 6 heteroatoms. The molecule has 0 atom stereocenters. The van der Waals surface area contributed by atoms with Gasteiger partial charge in [-0.2, -0.15) is 0 Å². The summed E-state index contributed by atoms with van der Waals surface area (Å²) in [6.45, 7) is -0.0422. The van der Waals surface area contributed by atoms with Gasteiger partial charge in [0.25, 0.3) is 5.91 Å². The normalized spacial score (nSPS) is 10.5. The predicted octanol–water partition coefficient (Wildman–Crippen LogP) is 3.07. The molecule has 2 rings (SSSR count). The van der Waals surface area contributed by atoms with Crippen molar-refractivity contribution in [1.82, 2.24) is 4.90 Å². The highest BCUT2D eigenvalue weighted by molar-refractivity contribution is 6.06. The number of amides is 1. The molecule has 0 aliphatic heterocycles. The second kappa shape index (κ2) is 9.43. The lowest BCUT2D eigenvalue weighted by Gasteiger charge is -2.11. The number of carbonyl (C=O) groups excluding carboxylic acids is 2. The predicted molar refractivity (Wildman–Crippen MR) is 104 cm³/mol. The van der Waals surface area contributed by atoms with Crippen molar-refractivity contribution in [2.75, 3.05) is 34.9 Å². The van der Waals surface area contributed by atoms with E-state index in [9.17, 15) is 9.59 Å². The molecule has 1 amide bonds. The van der Waals surface area contributed by atoms with Gasteiger partial charge in [-0.05, 0) is 48.0 Å². The molecule has 0 heterocycles. The van der Waals surface area contributed by atoms with E-state index < -0.39 is 0 Å². The van der Waals surface area contributed by atoms with Crippen LogP contribution in [-0.4, -0.2) is 51.5 Å². The molecule has 0 aliphatic carbocycles. The average molecular weight is 369 g/mol. The second-order valence-corrected chi connectivity index (χ2v) is 5.91. The summed E-state index contributed by atoms with van der Waals surface area (Å²) in [5.41, 5.74) is 1.35. The molecule has 0 fully saturated rings. The van der Waals surface area contributed by atoms with E-state index in [0.29, 0.717) is 22.8 Å². The first-order chi connectivity index (χ1) is 12.9. The van der Waals surface area contributed by atoms with Crippen molar-refractivity contribution in [3.05, 3.63) is 59.7 Å². The van der Waals surface area contributed by atoms with Crippen LogP contribution in [0.3, 0.4) is 0 Å². The summed E-state index contributed by atoms with van der Waals surface area (Å²) in [4.78, 5) is 25.3. The number of carbonyl (C=O) groups is 2. The van der Waals surface area contributed by atoms with E-state index in [-0.39, 0.29) is 18.3 Å². The number of benzene rings is 2. The van der Waals surface area contributed by atoms with Crippen LogP contribution in [0, 0.1) is 0 Å². The monoisotopic (exact) mass is 369 g/mol. The van der Waals surface area contributed by atoms with Crippen LogP contribution in [0.25, 0.3) is 6.08 Å². The molecule has 6 nitrogen and oxygen atoms in total. The van der Waals surface area contributed by atoms with Gasteiger partial charge in [-0.15, -0.1) is 0 Å². The Bertz CT molecular complexity index is 825. The molecule has 0 radical (unpaired) electrons. The largest absolute Gasteiger partial charge is 0.493 e. The molecule has 0 aliphatic rings. The number of methoxy groups -OCH3 is 2. The second-order valence-electron chi connectivity index (χ2n) is 5.91. The lowest BCUT2D eigenvalue weighted by atomic mass is 10.1. The van der Waals surface area contributed by atoms with E-state index >= 15 is 0 Å². The zero-order valence-electron chi connectivity index (χ0n) is 15.9. The maximum absolute atomic E-state index is 12.3. The summed E-state index contributed by atoms with van der Waals surface area (Å²) in [7, 11) is 6.46. The standard InChI is InChI=1S/C21H23NO5/c1-22(2)21(24)14-27-17-9-7-16(8-10-17)18(23)11-5-15-6-12-19(25-3)20(13-15)26-4/h5-13H,14H2,1-4H3/b11-5+. The van der Waals surface area contributed by atoms with Gasteiger partial charge in [-0.25, -0.2) is 0 Å². The highest BCUT2D eigenvalue weighted by Gasteiger charge is 2.07. The Morgan fingerprint density at radius 2 is 1.63 bits per heavy atom. The Hall–Kier alpha value is -3.28. The molecule has 0 saturated heterocycles. The van der Waals surface area contributed by atoms with E-state index in [1.807, 2.05) is 6.07 Å². The number of ether oxygens (including phenoxy) is 3. The van der Waals surface area contributed by atoms with Crippen molar-refractivity contribution in [3.8, 4) is 17.2 Å². The summed E-state index contributed by atoms with van der Waals surface area (Å²) in [6, 6.07) is 12.1. The zero-order valence-corrected chi connectivity index (χ0v) is 15.9. The molecule has 0 N–H and O–H groups in total. The third-order valence-electron chi connectivity index (χ3n) is 3.83. The third-order valence-corrected chi connectivity index (χ3v) is 3.83. The lowest BCUT2D eigenvalue weighted by molar-refractivity contribution is -0.130. The Morgan fingerprint density at radius 1 is 0.963 bits per heavy atom. The van der Waals surface area contributed by atoms with Gasteiger partial charge in [0, 0.05) is 19.7 Å². The number of allylic oxidation sites excluding steroid dienone is 1. The molecular weight excluding hydrogens is 346 g/mol. The molecule has 142 valence electrons. The molecule has 0 spiro atoms. The summed E-state index contributed by atoms with van der Waals surface area (Å²) in [6.07, 6.45) is 3.21. The van der Waals surface area contributed by atoms with Crippen molar-refractivity contribution < 1.29 is 23.8 Å².